The Morgan fingerprint density at radius 2 is 2.46 bits per heavy atom. The summed E-state index contributed by atoms with van der Waals surface area (Å²) in [6.07, 6.45) is 5.08. The first-order chi connectivity index (χ1) is 6.33. The fourth-order valence-electron chi connectivity index (χ4n) is 0.772. The molecule has 0 aromatic carbocycles. The van der Waals surface area contributed by atoms with Gasteiger partial charge in [0.25, 0.3) is 0 Å². The predicted octanol–water partition coefficient (Wildman–Crippen LogP) is 1.99. The van der Waals surface area contributed by atoms with Crippen molar-refractivity contribution < 1.29 is 0 Å². The van der Waals surface area contributed by atoms with Crippen molar-refractivity contribution in [1.82, 2.24) is 4.98 Å². The number of aromatic nitrogens is 1. The molecule has 13 heavy (non-hydrogen) atoms. The second-order valence-electron chi connectivity index (χ2n) is 2.33. The number of nitrogens with zero attached hydrogens (tertiary/aromatic N) is 4. The summed E-state index contributed by atoms with van der Waals surface area (Å²) in [4.78, 5) is 6.64. The minimum absolute atomic E-state index is 0.336. The summed E-state index contributed by atoms with van der Waals surface area (Å²) >= 11 is 0. The normalized spacial score (nSPS) is 9.85. The third-order valence-corrected chi connectivity index (χ3v) is 1.35. The molecule has 2 N–H and O–H groups in total. The summed E-state index contributed by atoms with van der Waals surface area (Å²) in [7, 11) is 0. The summed E-state index contributed by atoms with van der Waals surface area (Å²) in [6.45, 7) is 0.336. The zero-order valence-corrected chi connectivity index (χ0v) is 6.96. The lowest BCUT2D eigenvalue weighted by Gasteiger charge is -1.92. The first kappa shape index (κ1) is 9.09. The van der Waals surface area contributed by atoms with E-state index in [0.29, 0.717) is 12.2 Å². The van der Waals surface area contributed by atoms with Crippen LogP contribution in [0.5, 0.6) is 0 Å². The molecule has 0 aliphatic carbocycles. The van der Waals surface area contributed by atoms with Crippen LogP contribution in [0.4, 0.5) is 5.69 Å². The van der Waals surface area contributed by atoms with Crippen LogP contribution < -0.4 is 5.73 Å². The van der Waals surface area contributed by atoms with Gasteiger partial charge >= 0.3 is 0 Å². The van der Waals surface area contributed by atoms with E-state index in [4.69, 9.17) is 11.3 Å². The molecule has 5 nitrogen and oxygen atoms in total. The van der Waals surface area contributed by atoms with Crippen molar-refractivity contribution in [2.24, 2.45) is 5.11 Å². The van der Waals surface area contributed by atoms with E-state index in [0.717, 1.165) is 5.69 Å². The number of nitrogen functional groups attached to an aromatic ring is 1. The van der Waals surface area contributed by atoms with E-state index in [1.165, 1.54) is 0 Å². The molecule has 0 atom stereocenters. The van der Waals surface area contributed by atoms with Crippen LogP contribution >= 0.6 is 0 Å². The summed E-state index contributed by atoms with van der Waals surface area (Å²) < 4.78 is 0. The fraction of sp³-hybridized carbons (Fsp3) is 0.125. The van der Waals surface area contributed by atoms with Crippen molar-refractivity contribution in [2.75, 3.05) is 12.3 Å². The lowest BCUT2D eigenvalue weighted by atomic mass is 10.3. The highest BCUT2D eigenvalue weighted by Crippen LogP contribution is 2.02. The highest BCUT2D eigenvalue weighted by atomic mass is 15.1. The number of hydrogen-bond acceptors (Lipinski definition) is 3. The van der Waals surface area contributed by atoms with Gasteiger partial charge in [-0.15, -0.1) is 0 Å². The largest absolute Gasteiger partial charge is 0.397 e. The molecule has 0 fully saturated rings. The minimum atomic E-state index is 0.336. The SMILES string of the molecule is [N-]=[N+]=NCC=Cc1ccc(N)cn1. The van der Waals surface area contributed by atoms with Gasteiger partial charge in [0, 0.05) is 11.5 Å². The van der Waals surface area contributed by atoms with Crippen molar-refractivity contribution in [1.29, 1.82) is 0 Å². The van der Waals surface area contributed by atoms with Crippen molar-refractivity contribution in [3.05, 3.63) is 40.5 Å². The number of anilines is 1. The van der Waals surface area contributed by atoms with Crippen LogP contribution in [0, 0.1) is 0 Å². The van der Waals surface area contributed by atoms with Gasteiger partial charge in [0.2, 0.25) is 0 Å². The maximum atomic E-state index is 7.99. The van der Waals surface area contributed by atoms with Crippen LogP contribution in [-0.4, -0.2) is 11.5 Å². The van der Waals surface area contributed by atoms with Crippen molar-refractivity contribution in [3.63, 3.8) is 0 Å². The van der Waals surface area contributed by atoms with Gasteiger partial charge in [0.1, 0.15) is 0 Å². The Bertz CT molecular complexity index is 334. The van der Waals surface area contributed by atoms with E-state index in [-0.39, 0.29) is 0 Å². The molecule has 1 aromatic heterocycles. The predicted molar refractivity (Wildman–Crippen MR) is 51.7 cm³/mol. The maximum Gasteiger partial charge on any atom is 0.0628 e. The average Bonchev–Trinajstić information content (AvgIpc) is 2.15. The molecule has 66 valence electrons. The Morgan fingerprint density at radius 1 is 1.62 bits per heavy atom. The highest BCUT2D eigenvalue weighted by molar-refractivity contribution is 5.47. The summed E-state index contributed by atoms with van der Waals surface area (Å²) in [5, 5.41) is 3.35. The molecule has 1 rings (SSSR count). The Balaban J connectivity index is 2.58. The Kier molecular flexibility index (Phi) is 3.35. The lowest BCUT2D eigenvalue weighted by molar-refractivity contribution is 1.21. The molecule has 0 spiro atoms. The Hall–Kier alpha value is -2.00. The summed E-state index contributed by atoms with van der Waals surface area (Å²) in [5.41, 5.74) is 14.9. The molecular formula is C8H9N5. The molecule has 0 aliphatic rings. The van der Waals surface area contributed by atoms with Crippen molar-refractivity contribution in [2.45, 2.75) is 0 Å². The molecule has 0 amide bonds. The Morgan fingerprint density at radius 3 is 3.08 bits per heavy atom. The van der Waals surface area contributed by atoms with E-state index < -0.39 is 0 Å². The van der Waals surface area contributed by atoms with Gasteiger partial charge in [-0.25, -0.2) is 0 Å². The molecule has 0 bridgehead atoms. The molecule has 0 aliphatic heterocycles. The number of nitrogens with two attached hydrogens (primary N) is 1. The number of hydrogen-bond donors (Lipinski definition) is 1. The zero-order valence-electron chi connectivity index (χ0n) is 6.96. The van der Waals surface area contributed by atoms with Gasteiger partial charge in [-0.2, -0.15) is 0 Å². The molecule has 0 radical (unpaired) electrons. The van der Waals surface area contributed by atoms with Crippen LogP contribution in [-0.2, 0) is 0 Å². The van der Waals surface area contributed by atoms with Crippen LogP contribution in [0.3, 0.4) is 0 Å². The maximum absolute atomic E-state index is 7.99. The molecule has 1 heterocycles. The first-order valence-electron chi connectivity index (χ1n) is 3.72. The van der Waals surface area contributed by atoms with Gasteiger partial charge in [0.15, 0.2) is 0 Å². The molecule has 0 saturated heterocycles. The first-order valence-corrected chi connectivity index (χ1v) is 3.72. The molecule has 0 unspecified atom stereocenters. The summed E-state index contributed by atoms with van der Waals surface area (Å²) in [6, 6.07) is 3.56. The molecule has 0 saturated carbocycles. The van der Waals surface area contributed by atoms with Crippen molar-refractivity contribution in [3.8, 4) is 0 Å². The fourth-order valence-corrected chi connectivity index (χ4v) is 0.772. The molecular weight excluding hydrogens is 166 g/mol. The molecule has 5 heteroatoms. The van der Waals surface area contributed by atoms with Crippen LogP contribution in [0.25, 0.3) is 16.5 Å². The van der Waals surface area contributed by atoms with Crippen LogP contribution in [0.2, 0.25) is 0 Å². The third kappa shape index (κ3) is 3.27. The van der Waals surface area contributed by atoms with E-state index in [1.54, 1.807) is 30.5 Å². The van der Waals surface area contributed by atoms with Gasteiger partial charge in [-0.1, -0.05) is 11.2 Å². The van der Waals surface area contributed by atoms with Crippen LogP contribution in [0.1, 0.15) is 5.69 Å². The lowest BCUT2D eigenvalue weighted by Crippen LogP contribution is -1.86. The Labute approximate surface area is 75.5 Å². The number of pyridine rings is 1. The van der Waals surface area contributed by atoms with E-state index in [9.17, 15) is 0 Å². The minimum Gasteiger partial charge on any atom is -0.397 e. The summed E-state index contributed by atoms with van der Waals surface area (Å²) in [5.74, 6) is 0. The zero-order chi connectivity index (χ0) is 9.52. The smallest absolute Gasteiger partial charge is 0.0628 e. The second kappa shape index (κ2) is 4.79. The topological polar surface area (TPSA) is 87.7 Å². The molecule has 1 aromatic rings. The van der Waals surface area contributed by atoms with E-state index in [1.807, 2.05) is 0 Å². The monoisotopic (exact) mass is 175 g/mol. The quantitative estimate of drug-likeness (QED) is 0.432. The van der Waals surface area contributed by atoms with Crippen molar-refractivity contribution >= 4 is 11.8 Å². The van der Waals surface area contributed by atoms with Gasteiger partial charge in [-0.05, 0) is 23.7 Å². The highest BCUT2D eigenvalue weighted by Gasteiger charge is 1.86. The standard InChI is InChI=1S/C8H9N5/c9-7-3-4-8(11-6-7)2-1-5-12-13-10/h1-4,6H,5,9H2. The van der Waals surface area contributed by atoms with Gasteiger partial charge in [-0.3, -0.25) is 4.98 Å². The van der Waals surface area contributed by atoms with Gasteiger partial charge < -0.3 is 5.73 Å². The number of rotatable bonds is 3. The number of azide groups is 1. The second-order valence-corrected chi connectivity index (χ2v) is 2.33. The average molecular weight is 175 g/mol. The van der Waals surface area contributed by atoms with Gasteiger partial charge in [0.05, 0.1) is 17.6 Å². The van der Waals surface area contributed by atoms with E-state index >= 15 is 0 Å². The van der Waals surface area contributed by atoms with Crippen LogP contribution in [0.15, 0.2) is 29.5 Å². The van der Waals surface area contributed by atoms with E-state index in [2.05, 4.69) is 15.0 Å². The third-order valence-electron chi connectivity index (χ3n) is 1.35.